The summed E-state index contributed by atoms with van der Waals surface area (Å²) >= 11 is 0. The Labute approximate surface area is 119 Å². The third-order valence-corrected chi connectivity index (χ3v) is 4.86. The summed E-state index contributed by atoms with van der Waals surface area (Å²) in [7, 11) is -1.56. The molecule has 0 unspecified atom stereocenters. The number of hydrogen-bond donors (Lipinski definition) is 1. The summed E-state index contributed by atoms with van der Waals surface area (Å²) < 4.78 is 30.4. The molecule has 0 aliphatic heterocycles. The molecule has 2 aromatic rings. The topological polar surface area (TPSA) is 59.3 Å². The highest BCUT2D eigenvalue weighted by Crippen LogP contribution is 2.22. The molecule has 0 bridgehead atoms. The van der Waals surface area contributed by atoms with Crippen molar-refractivity contribution in [3.63, 3.8) is 0 Å². The summed E-state index contributed by atoms with van der Waals surface area (Å²) in [6, 6.07) is 8.87. The highest BCUT2D eigenvalue weighted by molar-refractivity contribution is 7.90. The fraction of sp³-hybridized carbons (Fsp3) is 0.333. The third kappa shape index (κ3) is 3.29. The normalized spacial score (nSPS) is 11.8. The zero-order chi connectivity index (χ0) is 14.8. The average molecular weight is 293 g/mol. The second-order valence-electron chi connectivity index (χ2n) is 4.93. The van der Waals surface area contributed by atoms with Crippen LogP contribution in [0.4, 0.5) is 0 Å². The Morgan fingerprint density at radius 2 is 1.80 bits per heavy atom. The number of hydrogen-bond acceptors (Lipinski definition) is 4. The van der Waals surface area contributed by atoms with E-state index in [4.69, 9.17) is 4.42 Å². The smallest absolute Gasteiger partial charge is 0.185 e. The van der Waals surface area contributed by atoms with E-state index in [1.807, 2.05) is 33.0 Å². The monoisotopic (exact) mass is 293 g/mol. The van der Waals surface area contributed by atoms with Crippen molar-refractivity contribution in [3.05, 3.63) is 53.0 Å². The van der Waals surface area contributed by atoms with Crippen molar-refractivity contribution in [2.24, 2.45) is 0 Å². The van der Waals surface area contributed by atoms with Crippen LogP contribution in [0.25, 0.3) is 0 Å². The van der Waals surface area contributed by atoms with Gasteiger partial charge in [-0.1, -0.05) is 17.7 Å². The molecule has 20 heavy (non-hydrogen) atoms. The van der Waals surface area contributed by atoms with Gasteiger partial charge in [0.2, 0.25) is 0 Å². The predicted octanol–water partition coefficient (Wildman–Crippen LogP) is 2.59. The van der Waals surface area contributed by atoms with Gasteiger partial charge >= 0.3 is 0 Å². The van der Waals surface area contributed by atoms with Crippen molar-refractivity contribution in [1.29, 1.82) is 0 Å². The number of benzene rings is 1. The molecule has 108 valence electrons. The number of rotatable bonds is 5. The summed E-state index contributed by atoms with van der Waals surface area (Å²) in [6.45, 7) is 4.35. The van der Waals surface area contributed by atoms with Gasteiger partial charge in [-0.05, 0) is 44.7 Å². The molecule has 1 heterocycles. The maximum absolute atomic E-state index is 12.4. The zero-order valence-electron chi connectivity index (χ0n) is 11.9. The first kappa shape index (κ1) is 14.8. The van der Waals surface area contributed by atoms with Crippen molar-refractivity contribution in [1.82, 2.24) is 5.32 Å². The highest BCUT2D eigenvalue weighted by Gasteiger charge is 2.19. The van der Waals surface area contributed by atoms with Crippen LogP contribution in [0.3, 0.4) is 0 Å². The molecule has 0 amide bonds. The maximum atomic E-state index is 12.4. The molecule has 4 nitrogen and oxygen atoms in total. The van der Waals surface area contributed by atoms with Gasteiger partial charge < -0.3 is 9.73 Å². The summed E-state index contributed by atoms with van der Waals surface area (Å²) in [4.78, 5) is 0.370. The Kier molecular flexibility index (Phi) is 4.30. The van der Waals surface area contributed by atoms with Crippen LogP contribution in [-0.2, 0) is 22.1 Å². The molecule has 0 aliphatic rings. The molecule has 5 heteroatoms. The zero-order valence-corrected chi connectivity index (χ0v) is 12.8. The standard InChI is InChI=1S/C15H19NO3S/c1-11-4-7-15(12(2)8-11)20(17,18)10-14-6-5-13(19-14)9-16-3/h4-8,16H,9-10H2,1-3H3. The van der Waals surface area contributed by atoms with E-state index < -0.39 is 9.84 Å². The van der Waals surface area contributed by atoms with Gasteiger partial charge in [-0.3, -0.25) is 0 Å². The Bertz CT molecular complexity index is 702. The predicted molar refractivity (Wildman–Crippen MR) is 78.3 cm³/mol. The van der Waals surface area contributed by atoms with Crippen molar-refractivity contribution < 1.29 is 12.8 Å². The van der Waals surface area contributed by atoms with Crippen LogP contribution in [0.2, 0.25) is 0 Å². The average Bonchev–Trinajstić information content (AvgIpc) is 2.75. The molecule has 0 atom stereocenters. The fourth-order valence-corrected chi connectivity index (χ4v) is 3.69. The molecule has 0 saturated carbocycles. The van der Waals surface area contributed by atoms with E-state index in [0.29, 0.717) is 17.2 Å². The first-order valence-electron chi connectivity index (χ1n) is 6.44. The van der Waals surface area contributed by atoms with E-state index in [2.05, 4.69) is 5.32 Å². The number of aryl methyl sites for hydroxylation is 2. The van der Waals surface area contributed by atoms with Gasteiger partial charge in [-0.15, -0.1) is 0 Å². The van der Waals surface area contributed by atoms with E-state index in [0.717, 1.165) is 16.9 Å². The van der Waals surface area contributed by atoms with E-state index in [1.54, 1.807) is 18.2 Å². The lowest BCUT2D eigenvalue weighted by Crippen LogP contribution is -2.07. The Balaban J connectivity index is 2.26. The molecule has 1 N–H and O–H groups in total. The molecule has 1 aromatic heterocycles. The van der Waals surface area contributed by atoms with Crippen molar-refractivity contribution >= 4 is 9.84 Å². The van der Waals surface area contributed by atoms with E-state index >= 15 is 0 Å². The van der Waals surface area contributed by atoms with E-state index in [1.165, 1.54) is 0 Å². The van der Waals surface area contributed by atoms with Gasteiger partial charge in [0, 0.05) is 0 Å². The number of nitrogens with one attached hydrogen (secondary N) is 1. The quantitative estimate of drug-likeness (QED) is 0.920. The van der Waals surface area contributed by atoms with Gasteiger partial charge in [0.1, 0.15) is 17.3 Å². The molecule has 0 spiro atoms. The third-order valence-electron chi connectivity index (χ3n) is 3.07. The lowest BCUT2D eigenvalue weighted by atomic mass is 10.2. The molecule has 0 saturated heterocycles. The Morgan fingerprint density at radius 3 is 2.45 bits per heavy atom. The van der Waals surface area contributed by atoms with Crippen molar-refractivity contribution in [3.8, 4) is 0 Å². The molecule has 1 aromatic carbocycles. The van der Waals surface area contributed by atoms with Crippen LogP contribution in [-0.4, -0.2) is 15.5 Å². The minimum Gasteiger partial charge on any atom is -0.464 e. The molecule has 0 radical (unpaired) electrons. The highest BCUT2D eigenvalue weighted by atomic mass is 32.2. The Morgan fingerprint density at radius 1 is 1.10 bits per heavy atom. The summed E-state index contributed by atoms with van der Waals surface area (Å²) in [5.41, 5.74) is 1.82. The largest absolute Gasteiger partial charge is 0.464 e. The van der Waals surface area contributed by atoms with Crippen molar-refractivity contribution in [2.75, 3.05) is 7.05 Å². The van der Waals surface area contributed by atoms with Gasteiger partial charge in [-0.2, -0.15) is 0 Å². The minimum absolute atomic E-state index is 0.111. The molecular weight excluding hydrogens is 274 g/mol. The first-order valence-corrected chi connectivity index (χ1v) is 8.10. The second-order valence-corrected chi connectivity index (χ2v) is 6.88. The van der Waals surface area contributed by atoms with E-state index in [-0.39, 0.29) is 5.75 Å². The van der Waals surface area contributed by atoms with Gasteiger partial charge in [0.15, 0.2) is 9.84 Å². The second kappa shape index (κ2) is 5.81. The summed E-state index contributed by atoms with van der Waals surface area (Å²) in [5.74, 6) is 1.09. The van der Waals surface area contributed by atoms with E-state index in [9.17, 15) is 8.42 Å². The maximum Gasteiger partial charge on any atom is 0.185 e. The van der Waals surface area contributed by atoms with Gasteiger partial charge in [-0.25, -0.2) is 8.42 Å². The molecule has 0 aliphatic carbocycles. The molecular formula is C15H19NO3S. The van der Waals surface area contributed by atoms with Crippen LogP contribution >= 0.6 is 0 Å². The van der Waals surface area contributed by atoms with Crippen LogP contribution in [0.5, 0.6) is 0 Å². The molecule has 0 fully saturated rings. The molecule has 2 rings (SSSR count). The van der Waals surface area contributed by atoms with Crippen LogP contribution < -0.4 is 5.32 Å². The van der Waals surface area contributed by atoms with Crippen molar-refractivity contribution in [2.45, 2.75) is 31.0 Å². The first-order chi connectivity index (χ1) is 9.42. The summed E-state index contributed by atoms with van der Waals surface area (Å²) in [6.07, 6.45) is 0. The van der Waals surface area contributed by atoms with Crippen LogP contribution in [0, 0.1) is 13.8 Å². The fourth-order valence-electron chi connectivity index (χ4n) is 2.18. The minimum atomic E-state index is -3.38. The lowest BCUT2D eigenvalue weighted by Gasteiger charge is -2.07. The summed E-state index contributed by atoms with van der Waals surface area (Å²) in [5, 5.41) is 2.96. The Hall–Kier alpha value is -1.59. The SMILES string of the molecule is CNCc1ccc(CS(=O)(=O)c2ccc(C)cc2C)o1. The number of furan rings is 1. The van der Waals surface area contributed by atoms with Gasteiger partial charge in [0.05, 0.1) is 11.4 Å². The lowest BCUT2D eigenvalue weighted by molar-refractivity contribution is 0.465. The van der Waals surface area contributed by atoms with Crippen LogP contribution in [0.15, 0.2) is 39.6 Å². The number of sulfone groups is 1. The van der Waals surface area contributed by atoms with Gasteiger partial charge in [0.25, 0.3) is 0 Å². The van der Waals surface area contributed by atoms with Crippen LogP contribution in [0.1, 0.15) is 22.6 Å².